The van der Waals surface area contributed by atoms with Gasteiger partial charge in [-0.25, -0.2) is 4.98 Å². The fourth-order valence-corrected chi connectivity index (χ4v) is 3.41. The minimum absolute atomic E-state index is 0.0753. The second-order valence-electron chi connectivity index (χ2n) is 5.82. The average Bonchev–Trinajstić information content (AvgIpc) is 3.15. The molecule has 0 unspecified atom stereocenters. The van der Waals surface area contributed by atoms with Crippen molar-refractivity contribution >= 4 is 17.2 Å². The molecule has 3 rings (SSSR count). The van der Waals surface area contributed by atoms with Crippen LogP contribution in [0.4, 0.5) is 0 Å². The molecule has 1 amide bonds. The fourth-order valence-electron chi connectivity index (χ4n) is 2.60. The number of thiazole rings is 1. The molecular formula is C20H21N3O2S. The molecule has 0 N–H and O–H groups in total. The Kier molecular flexibility index (Phi) is 5.96. The average molecular weight is 367 g/mol. The summed E-state index contributed by atoms with van der Waals surface area (Å²) in [4.78, 5) is 23.2. The number of benzene rings is 1. The lowest BCUT2D eigenvalue weighted by molar-refractivity contribution is -0.130. The van der Waals surface area contributed by atoms with E-state index in [-0.39, 0.29) is 5.91 Å². The number of hydrogen-bond acceptors (Lipinski definition) is 5. The van der Waals surface area contributed by atoms with Gasteiger partial charge in [-0.2, -0.15) is 0 Å². The summed E-state index contributed by atoms with van der Waals surface area (Å²) in [6, 6.07) is 11.6. The molecule has 0 saturated heterocycles. The highest BCUT2D eigenvalue weighted by molar-refractivity contribution is 7.13. The molecule has 0 aliphatic rings. The van der Waals surface area contributed by atoms with E-state index in [4.69, 9.17) is 4.74 Å². The first kappa shape index (κ1) is 18.1. The largest absolute Gasteiger partial charge is 0.497 e. The van der Waals surface area contributed by atoms with Crippen molar-refractivity contribution in [3.63, 3.8) is 0 Å². The summed E-state index contributed by atoms with van der Waals surface area (Å²) in [5, 5.41) is 2.83. The van der Waals surface area contributed by atoms with Crippen LogP contribution in [-0.2, 0) is 17.8 Å². The highest BCUT2D eigenvalue weighted by Gasteiger charge is 2.15. The molecule has 0 fully saturated rings. The molecule has 2 aromatic heterocycles. The van der Waals surface area contributed by atoms with E-state index < -0.39 is 0 Å². The quantitative estimate of drug-likeness (QED) is 0.637. The molecule has 0 bridgehead atoms. The van der Waals surface area contributed by atoms with E-state index in [1.807, 2.05) is 53.6 Å². The SMILES string of the molecule is CCN(Cc1ccc(OC)cc1)C(=O)Cc1csc(-c2cccnc2)n1. The molecule has 0 atom stereocenters. The highest BCUT2D eigenvalue weighted by atomic mass is 32.1. The van der Waals surface area contributed by atoms with Crippen LogP contribution < -0.4 is 4.74 Å². The van der Waals surface area contributed by atoms with E-state index in [2.05, 4.69) is 9.97 Å². The van der Waals surface area contributed by atoms with Gasteiger partial charge in [0.25, 0.3) is 0 Å². The maximum Gasteiger partial charge on any atom is 0.228 e. The Morgan fingerprint density at radius 3 is 2.69 bits per heavy atom. The number of likely N-dealkylation sites (N-methyl/N-ethyl adjacent to an activating group) is 1. The third kappa shape index (κ3) is 4.46. The number of carbonyl (C=O) groups is 1. The Morgan fingerprint density at radius 1 is 1.23 bits per heavy atom. The Morgan fingerprint density at radius 2 is 2.04 bits per heavy atom. The van der Waals surface area contributed by atoms with Crippen molar-refractivity contribution in [2.24, 2.45) is 0 Å². The predicted molar refractivity (Wildman–Crippen MR) is 103 cm³/mol. The van der Waals surface area contributed by atoms with Crippen LogP contribution in [0.2, 0.25) is 0 Å². The molecule has 0 aliphatic carbocycles. The molecule has 26 heavy (non-hydrogen) atoms. The second kappa shape index (κ2) is 8.58. The van der Waals surface area contributed by atoms with Crippen molar-refractivity contribution in [3.05, 3.63) is 65.4 Å². The zero-order valence-electron chi connectivity index (χ0n) is 14.9. The van der Waals surface area contributed by atoms with Crippen LogP contribution in [0.5, 0.6) is 5.75 Å². The second-order valence-corrected chi connectivity index (χ2v) is 6.68. The van der Waals surface area contributed by atoms with Crippen LogP contribution in [0.25, 0.3) is 10.6 Å². The lowest BCUT2D eigenvalue weighted by Gasteiger charge is -2.20. The van der Waals surface area contributed by atoms with Crippen LogP contribution in [0.15, 0.2) is 54.2 Å². The van der Waals surface area contributed by atoms with Gasteiger partial charge in [-0.05, 0) is 36.8 Å². The third-order valence-electron chi connectivity index (χ3n) is 4.06. The van der Waals surface area contributed by atoms with E-state index in [9.17, 15) is 4.79 Å². The fraction of sp³-hybridized carbons (Fsp3) is 0.250. The Bertz CT molecular complexity index is 847. The van der Waals surface area contributed by atoms with E-state index >= 15 is 0 Å². The number of hydrogen-bond donors (Lipinski definition) is 0. The first-order valence-corrected chi connectivity index (χ1v) is 9.33. The van der Waals surface area contributed by atoms with Crippen LogP contribution in [0.3, 0.4) is 0 Å². The molecule has 0 aliphatic heterocycles. The molecule has 3 aromatic rings. The van der Waals surface area contributed by atoms with Crippen LogP contribution >= 0.6 is 11.3 Å². The summed E-state index contributed by atoms with van der Waals surface area (Å²) >= 11 is 1.54. The number of carbonyl (C=O) groups excluding carboxylic acids is 1. The van der Waals surface area contributed by atoms with Gasteiger partial charge in [-0.1, -0.05) is 12.1 Å². The minimum atomic E-state index is 0.0753. The van der Waals surface area contributed by atoms with Crippen molar-refractivity contribution < 1.29 is 9.53 Å². The zero-order chi connectivity index (χ0) is 18.4. The minimum Gasteiger partial charge on any atom is -0.497 e. The summed E-state index contributed by atoms with van der Waals surface area (Å²) < 4.78 is 5.17. The van der Waals surface area contributed by atoms with Crippen molar-refractivity contribution in [1.29, 1.82) is 0 Å². The molecule has 1 aromatic carbocycles. The van der Waals surface area contributed by atoms with Gasteiger partial charge in [0.1, 0.15) is 10.8 Å². The lowest BCUT2D eigenvalue weighted by atomic mass is 10.2. The van der Waals surface area contributed by atoms with Gasteiger partial charge in [0.15, 0.2) is 0 Å². The van der Waals surface area contributed by atoms with E-state index in [0.717, 1.165) is 27.6 Å². The summed E-state index contributed by atoms with van der Waals surface area (Å²) in [7, 11) is 1.64. The van der Waals surface area contributed by atoms with Crippen molar-refractivity contribution in [3.8, 4) is 16.3 Å². The van der Waals surface area contributed by atoms with Crippen LogP contribution in [-0.4, -0.2) is 34.4 Å². The number of nitrogens with zero attached hydrogens (tertiary/aromatic N) is 3. The van der Waals surface area contributed by atoms with Crippen molar-refractivity contribution in [1.82, 2.24) is 14.9 Å². The van der Waals surface area contributed by atoms with Gasteiger partial charge < -0.3 is 9.64 Å². The smallest absolute Gasteiger partial charge is 0.228 e. The van der Waals surface area contributed by atoms with Crippen LogP contribution in [0, 0.1) is 0 Å². The molecule has 0 saturated carbocycles. The summed E-state index contributed by atoms with van der Waals surface area (Å²) in [5.41, 5.74) is 2.85. The summed E-state index contributed by atoms with van der Waals surface area (Å²) in [5.74, 6) is 0.889. The first-order chi connectivity index (χ1) is 12.7. The van der Waals surface area contributed by atoms with Crippen molar-refractivity contribution in [2.75, 3.05) is 13.7 Å². The molecular weight excluding hydrogens is 346 g/mol. The van der Waals surface area contributed by atoms with E-state index in [1.165, 1.54) is 11.3 Å². The highest BCUT2D eigenvalue weighted by Crippen LogP contribution is 2.23. The van der Waals surface area contributed by atoms with Gasteiger partial charge in [0.2, 0.25) is 5.91 Å². The molecule has 0 spiro atoms. The van der Waals surface area contributed by atoms with E-state index in [0.29, 0.717) is 19.5 Å². The summed E-state index contributed by atoms with van der Waals surface area (Å²) in [6.45, 7) is 3.23. The first-order valence-electron chi connectivity index (χ1n) is 8.45. The summed E-state index contributed by atoms with van der Waals surface area (Å²) in [6.07, 6.45) is 3.83. The lowest BCUT2D eigenvalue weighted by Crippen LogP contribution is -2.31. The normalized spacial score (nSPS) is 10.5. The Labute approximate surface area is 157 Å². The zero-order valence-corrected chi connectivity index (χ0v) is 15.7. The van der Waals surface area contributed by atoms with Crippen molar-refractivity contribution in [2.45, 2.75) is 19.9 Å². The van der Waals surface area contributed by atoms with Crippen LogP contribution in [0.1, 0.15) is 18.2 Å². The monoisotopic (exact) mass is 367 g/mol. The molecule has 0 radical (unpaired) electrons. The van der Waals surface area contributed by atoms with Gasteiger partial charge in [0, 0.05) is 36.4 Å². The van der Waals surface area contributed by atoms with Gasteiger partial charge in [0.05, 0.1) is 19.2 Å². The number of amides is 1. The topological polar surface area (TPSA) is 55.3 Å². The van der Waals surface area contributed by atoms with Gasteiger partial charge in [-0.15, -0.1) is 11.3 Å². The third-order valence-corrected chi connectivity index (χ3v) is 5.00. The predicted octanol–water partition coefficient (Wildman–Crippen LogP) is 3.80. The number of rotatable bonds is 7. The number of ether oxygens (including phenoxy) is 1. The van der Waals surface area contributed by atoms with E-state index in [1.54, 1.807) is 19.5 Å². The van der Waals surface area contributed by atoms with Gasteiger partial charge >= 0.3 is 0 Å². The maximum absolute atomic E-state index is 12.7. The number of pyridine rings is 1. The Balaban J connectivity index is 1.64. The number of aromatic nitrogens is 2. The number of methoxy groups -OCH3 is 1. The standard InChI is InChI=1S/C20H21N3O2S/c1-3-23(13-15-6-8-18(25-2)9-7-15)19(24)11-17-14-26-20(22-17)16-5-4-10-21-12-16/h4-10,12,14H,3,11,13H2,1-2H3. The van der Waals surface area contributed by atoms with Gasteiger partial charge in [-0.3, -0.25) is 9.78 Å². The molecule has 2 heterocycles. The molecule has 6 heteroatoms. The Hall–Kier alpha value is -2.73. The molecule has 134 valence electrons. The molecule has 5 nitrogen and oxygen atoms in total. The maximum atomic E-state index is 12.7.